The molecule has 96 valence electrons. The lowest BCUT2D eigenvalue weighted by Crippen LogP contribution is -2.26. The van der Waals surface area contributed by atoms with Gasteiger partial charge in [-0.3, -0.25) is 4.68 Å². The fourth-order valence-electron chi connectivity index (χ4n) is 2.32. The average Bonchev–Trinajstić information content (AvgIpc) is 2.88. The first kappa shape index (κ1) is 11.9. The lowest BCUT2D eigenvalue weighted by Gasteiger charge is -2.16. The van der Waals surface area contributed by atoms with E-state index in [4.69, 9.17) is 0 Å². The molecule has 1 aliphatic carbocycles. The highest BCUT2D eigenvalue weighted by Gasteiger charge is 2.32. The van der Waals surface area contributed by atoms with E-state index in [1.54, 1.807) is 0 Å². The van der Waals surface area contributed by atoms with Crippen molar-refractivity contribution in [2.75, 3.05) is 6.54 Å². The van der Waals surface area contributed by atoms with Gasteiger partial charge in [0.05, 0.1) is 12.7 Å². The molecule has 0 radical (unpaired) electrons. The van der Waals surface area contributed by atoms with Gasteiger partial charge in [0.1, 0.15) is 0 Å². The number of aromatic nitrogens is 2. The van der Waals surface area contributed by atoms with Crippen LogP contribution in [0.5, 0.6) is 0 Å². The first-order valence-corrected chi connectivity index (χ1v) is 7.47. The van der Waals surface area contributed by atoms with Crippen molar-refractivity contribution in [2.45, 2.75) is 32.4 Å². The van der Waals surface area contributed by atoms with Gasteiger partial charge >= 0.3 is 0 Å². The van der Waals surface area contributed by atoms with Crippen molar-refractivity contribution in [1.82, 2.24) is 15.1 Å². The predicted octanol–water partition coefficient (Wildman–Crippen LogP) is 2.99. The summed E-state index contributed by atoms with van der Waals surface area (Å²) in [6, 6.07) is 4.95. The van der Waals surface area contributed by atoms with E-state index < -0.39 is 0 Å². The van der Waals surface area contributed by atoms with Gasteiger partial charge in [0.15, 0.2) is 0 Å². The van der Waals surface area contributed by atoms with Gasteiger partial charge in [0.25, 0.3) is 0 Å². The van der Waals surface area contributed by atoms with Gasteiger partial charge in [-0.1, -0.05) is 6.07 Å². The molecule has 1 unspecified atom stereocenters. The third kappa shape index (κ3) is 2.82. The lowest BCUT2D eigenvalue weighted by atomic mass is 10.1. The van der Waals surface area contributed by atoms with E-state index in [2.05, 4.69) is 41.0 Å². The smallest absolute Gasteiger partial charge is 0.0534 e. The normalized spacial score (nSPS) is 16.9. The number of hydrogen-bond donors (Lipinski definition) is 1. The van der Waals surface area contributed by atoms with Gasteiger partial charge in [0.2, 0.25) is 0 Å². The summed E-state index contributed by atoms with van der Waals surface area (Å²) >= 11 is 1.86. The van der Waals surface area contributed by atoms with Crippen LogP contribution in [0, 0.1) is 12.8 Å². The Balaban J connectivity index is 1.54. The van der Waals surface area contributed by atoms with Crippen molar-refractivity contribution in [3.8, 4) is 0 Å². The van der Waals surface area contributed by atoms with E-state index in [1.807, 2.05) is 22.2 Å². The fraction of sp³-hybridized carbons (Fsp3) is 0.500. The summed E-state index contributed by atoms with van der Waals surface area (Å²) in [6.07, 6.45) is 6.75. The second-order valence-electron chi connectivity index (χ2n) is 5.07. The maximum atomic E-state index is 4.32. The minimum absolute atomic E-state index is 0.557. The molecule has 1 fully saturated rings. The Morgan fingerprint density at radius 1 is 1.56 bits per heavy atom. The Morgan fingerprint density at radius 2 is 2.44 bits per heavy atom. The summed E-state index contributed by atoms with van der Waals surface area (Å²) in [5.41, 5.74) is 1.23. The molecular formula is C14H19N3S. The molecule has 0 aliphatic heterocycles. The largest absolute Gasteiger partial charge is 0.307 e. The van der Waals surface area contributed by atoms with Gasteiger partial charge < -0.3 is 5.32 Å². The Kier molecular flexibility index (Phi) is 3.48. The second kappa shape index (κ2) is 5.24. The van der Waals surface area contributed by atoms with Crippen molar-refractivity contribution >= 4 is 11.3 Å². The summed E-state index contributed by atoms with van der Waals surface area (Å²) in [5, 5.41) is 10.2. The maximum absolute atomic E-state index is 4.32. The Hall–Kier alpha value is -1.13. The summed E-state index contributed by atoms with van der Waals surface area (Å²) in [5.74, 6) is 0.850. The number of nitrogens with zero attached hydrogens (tertiary/aromatic N) is 2. The molecule has 0 saturated heterocycles. The third-order valence-corrected chi connectivity index (χ3v) is 4.37. The molecule has 1 aliphatic rings. The molecule has 18 heavy (non-hydrogen) atoms. The SMILES string of the molecule is Cc1cnn(CCNC(c2cccs2)C2CC2)c1. The molecule has 2 heterocycles. The van der Waals surface area contributed by atoms with Crippen molar-refractivity contribution in [3.63, 3.8) is 0 Å². The monoisotopic (exact) mass is 261 g/mol. The number of hydrogen-bond acceptors (Lipinski definition) is 3. The molecule has 2 aromatic heterocycles. The van der Waals surface area contributed by atoms with Crippen molar-refractivity contribution in [2.24, 2.45) is 5.92 Å². The van der Waals surface area contributed by atoms with Gasteiger partial charge in [0, 0.05) is 23.7 Å². The molecule has 3 rings (SSSR count). The summed E-state index contributed by atoms with van der Waals surface area (Å²) in [6.45, 7) is 4.01. The van der Waals surface area contributed by atoms with E-state index in [1.165, 1.54) is 23.3 Å². The molecule has 2 aromatic rings. The van der Waals surface area contributed by atoms with Crippen LogP contribution in [-0.4, -0.2) is 16.3 Å². The summed E-state index contributed by atoms with van der Waals surface area (Å²) in [7, 11) is 0. The van der Waals surface area contributed by atoms with E-state index >= 15 is 0 Å². The first-order valence-electron chi connectivity index (χ1n) is 6.59. The zero-order valence-electron chi connectivity index (χ0n) is 10.7. The van der Waals surface area contributed by atoms with E-state index in [0.717, 1.165) is 19.0 Å². The first-order chi connectivity index (χ1) is 8.83. The third-order valence-electron chi connectivity index (χ3n) is 3.41. The predicted molar refractivity (Wildman–Crippen MR) is 74.8 cm³/mol. The molecule has 0 spiro atoms. The van der Waals surface area contributed by atoms with Crippen LogP contribution in [0.2, 0.25) is 0 Å². The van der Waals surface area contributed by atoms with Gasteiger partial charge in [-0.05, 0) is 42.7 Å². The molecule has 0 aromatic carbocycles. The lowest BCUT2D eigenvalue weighted by molar-refractivity contribution is 0.456. The van der Waals surface area contributed by atoms with Crippen LogP contribution in [0.3, 0.4) is 0 Å². The Labute approximate surface area is 112 Å². The highest BCUT2D eigenvalue weighted by molar-refractivity contribution is 7.10. The van der Waals surface area contributed by atoms with Gasteiger partial charge in [-0.15, -0.1) is 11.3 Å². The van der Waals surface area contributed by atoms with Crippen LogP contribution in [-0.2, 0) is 6.54 Å². The fourth-order valence-corrected chi connectivity index (χ4v) is 3.21. The average molecular weight is 261 g/mol. The zero-order chi connectivity index (χ0) is 12.4. The number of thiophene rings is 1. The van der Waals surface area contributed by atoms with E-state index in [0.29, 0.717) is 6.04 Å². The standard InChI is InChI=1S/C14H19N3S/c1-11-9-16-17(10-11)7-6-15-14(12-4-5-12)13-3-2-8-18-13/h2-3,8-10,12,14-15H,4-7H2,1H3. The minimum atomic E-state index is 0.557. The highest BCUT2D eigenvalue weighted by atomic mass is 32.1. The second-order valence-corrected chi connectivity index (χ2v) is 6.04. The van der Waals surface area contributed by atoms with Gasteiger partial charge in [-0.2, -0.15) is 5.10 Å². The molecule has 1 atom stereocenters. The maximum Gasteiger partial charge on any atom is 0.0534 e. The molecule has 4 heteroatoms. The number of rotatable bonds is 6. The molecule has 3 nitrogen and oxygen atoms in total. The van der Waals surface area contributed by atoms with Crippen molar-refractivity contribution in [1.29, 1.82) is 0 Å². The van der Waals surface area contributed by atoms with Crippen LogP contribution in [0.25, 0.3) is 0 Å². The topological polar surface area (TPSA) is 29.9 Å². The molecule has 0 bridgehead atoms. The van der Waals surface area contributed by atoms with Crippen molar-refractivity contribution in [3.05, 3.63) is 40.3 Å². The van der Waals surface area contributed by atoms with Crippen LogP contribution in [0.1, 0.15) is 29.3 Å². The number of aryl methyl sites for hydroxylation is 1. The van der Waals surface area contributed by atoms with Crippen LogP contribution in [0.15, 0.2) is 29.9 Å². The number of nitrogens with one attached hydrogen (secondary N) is 1. The molecular weight excluding hydrogens is 242 g/mol. The summed E-state index contributed by atoms with van der Waals surface area (Å²) in [4.78, 5) is 1.48. The molecule has 1 saturated carbocycles. The van der Waals surface area contributed by atoms with Gasteiger partial charge in [-0.25, -0.2) is 0 Å². The molecule has 1 N–H and O–H groups in total. The van der Waals surface area contributed by atoms with E-state index in [-0.39, 0.29) is 0 Å². The van der Waals surface area contributed by atoms with Crippen molar-refractivity contribution < 1.29 is 0 Å². The highest BCUT2D eigenvalue weighted by Crippen LogP contribution is 2.42. The van der Waals surface area contributed by atoms with Crippen LogP contribution < -0.4 is 5.32 Å². The Bertz CT molecular complexity index is 485. The van der Waals surface area contributed by atoms with Crippen LogP contribution >= 0.6 is 11.3 Å². The van der Waals surface area contributed by atoms with Crippen LogP contribution in [0.4, 0.5) is 0 Å². The quantitative estimate of drug-likeness (QED) is 0.866. The Morgan fingerprint density at radius 3 is 3.06 bits per heavy atom. The van der Waals surface area contributed by atoms with E-state index in [9.17, 15) is 0 Å². The zero-order valence-corrected chi connectivity index (χ0v) is 11.5. The molecule has 0 amide bonds. The summed E-state index contributed by atoms with van der Waals surface area (Å²) < 4.78 is 2.01. The minimum Gasteiger partial charge on any atom is -0.307 e.